The lowest BCUT2D eigenvalue weighted by Gasteiger charge is -2.17. The van der Waals surface area contributed by atoms with Crippen LogP contribution in [0.3, 0.4) is 0 Å². The van der Waals surface area contributed by atoms with E-state index in [4.69, 9.17) is 19.9 Å². The Balaban J connectivity index is 1.25. The molecule has 0 aliphatic heterocycles. The molecule has 10 aromatic rings. The van der Waals surface area contributed by atoms with E-state index < -0.39 is 0 Å². The van der Waals surface area contributed by atoms with E-state index in [0.29, 0.717) is 17.5 Å². The normalized spacial score (nSPS) is 11.5. The van der Waals surface area contributed by atoms with E-state index in [0.717, 1.165) is 50.3 Å². The molecule has 0 saturated heterocycles. The van der Waals surface area contributed by atoms with Crippen LogP contribution in [0.4, 0.5) is 0 Å². The number of aromatic nitrogens is 4. The SMILES string of the molecule is Cc1cccc(-c2cccc(-c3cc(-c4nc(-c5ccccc5)nc(-c5ccccc5)n4)cc(-c4cc5cccc6ccc7cccc4c7c65)c3)c2)n1. The van der Waals surface area contributed by atoms with Gasteiger partial charge < -0.3 is 0 Å². The van der Waals surface area contributed by atoms with Crippen molar-refractivity contribution in [3.8, 4) is 67.7 Å². The Bertz CT molecular complexity index is 2900. The lowest BCUT2D eigenvalue weighted by molar-refractivity contribution is 1.07. The zero-order valence-corrected chi connectivity index (χ0v) is 29.0. The fourth-order valence-electron chi connectivity index (χ4n) is 7.58. The van der Waals surface area contributed by atoms with Gasteiger partial charge in [0.2, 0.25) is 0 Å². The Hall–Kier alpha value is -7.04. The van der Waals surface area contributed by atoms with Crippen LogP contribution in [-0.4, -0.2) is 19.9 Å². The number of benzene rings is 8. The van der Waals surface area contributed by atoms with Gasteiger partial charge in [0.25, 0.3) is 0 Å². The second kappa shape index (κ2) is 12.6. The molecule has 0 spiro atoms. The van der Waals surface area contributed by atoms with Crippen molar-refractivity contribution in [1.82, 2.24) is 19.9 Å². The van der Waals surface area contributed by atoms with Gasteiger partial charge in [0.15, 0.2) is 17.5 Å². The summed E-state index contributed by atoms with van der Waals surface area (Å²) in [7, 11) is 0. The summed E-state index contributed by atoms with van der Waals surface area (Å²) in [6.45, 7) is 2.03. The first-order valence-electron chi connectivity index (χ1n) is 17.9. The number of aryl methyl sites for hydroxylation is 1. The largest absolute Gasteiger partial charge is 0.253 e. The molecule has 0 aliphatic carbocycles. The average molecular weight is 677 g/mol. The van der Waals surface area contributed by atoms with Crippen LogP contribution in [-0.2, 0) is 0 Å². The number of nitrogens with zero attached hydrogens (tertiary/aromatic N) is 4. The highest BCUT2D eigenvalue weighted by atomic mass is 15.0. The molecule has 0 aliphatic rings. The van der Waals surface area contributed by atoms with Crippen molar-refractivity contribution >= 4 is 32.3 Å². The average Bonchev–Trinajstić information content (AvgIpc) is 3.23. The molecule has 0 amide bonds. The predicted molar refractivity (Wildman–Crippen MR) is 219 cm³/mol. The van der Waals surface area contributed by atoms with Crippen LogP contribution in [0.25, 0.3) is 100.0 Å². The smallest absolute Gasteiger partial charge is 0.164 e. The first-order chi connectivity index (χ1) is 26.1. The fraction of sp³-hybridized carbons (Fsp3) is 0.0204. The van der Waals surface area contributed by atoms with Crippen LogP contribution in [0.1, 0.15) is 5.69 Å². The van der Waals surface area contributed by atoms with Gasteiger partial charge in [-0.25, -0.2) is 15.0 Å². The summed E-state index contributed by atoms with van der Waals surface area (Å²) in [5.41, 5.74) is 10.2. The minimum atomic E-state index is 0.620. The quantitative estimate of drug-likeness (QED) is 0.165. The van der Waals surface area contributed by atoms with E-state index in [2.05, 4.69) is 109 Å². The molecule has 0 atom stereocenters. The third-order valence-corrected chi connectivity index (χ3v) is 10.1. The van der Waals surface area contributed by atoms with Crippen molar-refractivity contribution in [1.29, 1.82) is 0 Å². The van der Waals surface area contributed by atoms with Gasteiger partial charge in [-0.2, -0.15) is 0 Å². The highest BCUT2D eigenvalue weighted by Crippen LogP contribution is 2.42. The highest BCUT2D eigenvalue weighted by Gasteiger charge is 2.18. The van der Waals surface area contributed by atoms with Gasteiger partial charge in [0.1, 0.15) is 0 Å². The van der Waals surface area contributed by atoms with E-state index in [-0.39, 0.29) is 0 Å². The summed E-state index contributed by atoms with van der Waals surface area (Å²) in [5.74, 6) is 1.89. The summed E-state index contributed by atoms with van der Waals surface area (Å²) in [4.78, 5) is 20.1. The minimum absolute atomic E-state index is 0.620. The van der Waals surface area contributed by atoms with Gasteiger partial charge in [-0.1, -0.05) is 133 Å². The van der Waals surface area contributed by atoms with E-state index in [1.54, 1.807) is 0 Å². The van der Waals surface area contributed by atoms with Crippen LogP contribution in [0, 0.1) is 6.92 Å². The zero-order valence-electron chi connectivity index (χ0n) is 29.0. The van der Waals surface area contributed by atoms with Crippen molar-refractivity contribution in [3.05, 3.63) is 182 Å². The number of hydrogen-bond acceptors (Lipinski definition) is 4. The van der Waals surface area contributed by atoms with Crippen molar-refractivity contribution in [2.45, 2.75) is 6.92 Å². The number of hydrogen-bond donors (Lipinski definition) is 0. The molecule has 10 rings (SSSR count). The van der Waals surface area contributed by atoms with Gasteiger partial charge in [0, 0.05) is 27.9 Å². The molecule has 0 bridgehead atoms. The molecule has 53 heavy (non-hydrogen) atoms. The standard InChI is InChI=1S/C49H32N4/c1-31-12-8-23-44(50-31)37-20-10-19-36(26-37)39-27-40(43-30-38-21-9-17-32-24-25-33-18-11-22-42(43)46(33)45(32)38)29-41(28-39)49-52-47(34-13-4-2-5-14-34)51-48(53-49)35-15-6-3-7-16-35/h2-30H,1H3. The molecule has 8 aromatic carbocycles. The third-order valence-electron chi connectivity index (χ3n) is 10.1. The topological polar surface area (TPSA) is 51.6 Å². The lowest BCUT2D eigenvalue weighted by atomic mass is 9.87. The second-order valence-electron chi connectivity index (χ2n) is 13.6. The van der Waals surface area contributed by atoms with Gasteiger partial charge in [0.05, 0.1) is 5.69 Å². The minimum Gasteiger partial charge on any atom is -0.253 e. The summed E-state index contributed by atoms with van der Waals surface area (Å²) in [6.07, 6.45) is 0. The maximum absolute atomic E-state index is 5.15. The Labute approximate surface area is 307 Å². The van der Waals surface area contributed by atoms with Crippen LogP contribution in [0.5, 0.6) is 0 Å². The Kier molecular flexibility index (Phi) is 7.33. The van der Waals surface area contributed by atoms with Crippen LogP contribution < -0.4 is 0 Å². The maximum Gasteiger partial charge on any atom is 0.164 e. The third kappa shape index (κ3) is 5.58. The molecule has 0 saturated carbocycles. The van der Waals surface area contributed by atoms with E-state index in [1.807, 2.05) is 73.7 Å². The first kappa shape index (κ1) is 30.8. The number of pyridine rings is 1. The fourth-order valence-corrected chi connectivity index (χ4v) is 7.58. The van der Waals surface area contributed by atoms with Gasteiger partial charge in [-0.3, -0.25) is 4.98 Å². The Morgan fingerprint density at radius 3 is 1.57 bits per heavy atom. The lowest BCUT2D eigenvalue weighted by Crippen LogP contribution is -2.00. The molecule has 0 N–H and O–H groups in total. The van der Waals surface area contributed by atoms with Gasteiger partial charge >= 0.3 is 0 Å². The van der Waals surface area contributed by atoms with Crippen LogP contribution in [0.2, 0.25) is 0 Å². The predicted octanol–water partition coefficient (Wildman–Crippen LogP) is 12.5. The highest BCUT2D eigenvalue weighted by molar-refractivity contribution is 6.26. The molecule has 4 heteroatoms. The Morgan fingerprint density at radius 2 is 0.849 bits per heavy atom. The molecular formula is C49H32N4. The van der Waals surface area contributed by atoms with Gasteiger partial charge in [-0.05, 0) is 104 Å². The van der Waals surface area contributed by atoms with Crippen molar-refractivity contribution < 1.29 is 0 Å². The van der Waals surface area contributed by atoms with E-state index in [9.17, 15) is 0 Å². The second-order valence-corrected chi connectivity index (χ2v) is 13.6. The molecule has 4 nitrogen and oxygen atoms in total. The van der Waals surface area contributed by atoms with Crippen molar-refractivity contribution in [2.24, 2.45) is 0 Å². The molecule has 2 aromatic heterocycles. The number of rotatable bonds is 6. The van der Waals surface area contributed by atoms with Crippen LogP contribution >= 0.6 is 0 Å². The maximum atomic E-state index is 5.15. The summed E-state index contributed by atoms with van der Waals surface area (Å²) >= 11 is 0. The molecular weight excluding hydrogens is 645 g/mol. The summed E-state index contributed by atoms with van der Waals surface area (Å²) in [6, 6.07) is 61.9. The molecule has 0 unspecified atom stereocenters. The van der Waals surface area contributed by atoms with Crippen LogP contribution in [0.15, 0.2) is 176 Å². The molecule has 0 radical (unpaired) electrons. The van der Waals surface area contributed by atoms with Crippen molar-refractivity contribution in [3.63, 3.8) is 0 Å². The summed E-state index contributed by atoms with van der Waals surface area (Å²) < 4.78 is 0. The molecule has 0 fully saturated rings. The van der Waals surface area contributed by atoms with E-state index in [1.165, 1.54) is 37.9 Å². The van der Waals surface area contributed by atoms with E-state index >= 15 is 0 Å². The Morgan fingerprint density at radius 1 is 0.321 bits per heavy atom. The first-order valence-corrected chi connectivity index (χ1v) is 17.9. The molecule has 248 valence electrons. The monoisotopic (exact) mass is 676 g/mol. The van der Waals surface area contributed by atoms with Gasteiger partial charge in [-0.15, -0.1) is 0 Å². The molecule has 2 heterocycles. The summed E-state index contributed by atoms with van der Waals surface area (Å²) in [5, 5.41) is 7.52. The van der Waals surface area contributed by atoms with Crippen molar-refractivity contribution in [2.75, 3.05) is 0 Å². The zero-order chi connectivity index (χ0) is 35.3.